The normalized spacial score (nSPS) is 20.4. The molecule has 0 spiro atoms. The van der Waals surface area contributed by atoms with Gasteiger partial charge in [-0.05, 0) is 23.3 Å². The monoisotopic (exact) mass is 317 g/mol. The summed E-state index contributed by atoms with van der Waals surface area (Å²) in [6.45, 7) is 0.578. The van der Waals surface area contributed by atoms with Crippen molar-refractivity contribution in [3.8, 4) is 0 Å². The number of hydrogen-bond acceptors (Lipinski definition) is 3. The van der Waals surface area contributed by atoms with E-state index in [1.54, 1.807) is 0 Å². The van der Waals surface area contributed by atoms with E-state index in [1.165, 1.54) is 12.1 Å². The molecule has 1 amide bonds. The fourth-order valence-electron chi connectivity index (χ4n) is 2.75. The Hall–Kier alpha value is -2.31. The molecule has 1 fully saturated rings. The summed E-state index contributed by atoms with van der Waals surface area (Å²) >= 11 is 0. The Morgan fingerprint density at radius 1 is 1.13 bits per heavy atom. The van der Waals surface area contributed by atoms with Gasteiger partial charge < -0.3 is 5.32 Å². The molecule has 1 aliphatic rings. The summed E-state index contributed by atoms with van der Waals surface area (Å²) in [6, 6.07) is 12.7. The van der Waals surface area contributed by atoms with Crippen LogP contribution in [0.5, 0.6) is 0 Å². The van der Waals surface area contributed by atoms with Gasteiger partial charge in [-0.2, -0.15) is 0 Å². The quantitative estimate of drug-likeness (QED) is 0.809. The maximum absolute atomic E-state index is 13.2. The van der Waals surface area contributed by atoms with Gasteiger partial charge in [0.15, 0.2) is 0 Å². The van der Waals surface area contributed by atoms with Gasteiger partial charge in [-0.25, -0.2) is 14.2 Å². The number of carbonyl (C=O) groups is 1. The molecular formula is C17H17F2N3O. The molecule has 6 heteroatoms. The topological polar surface area (TPSA) is 53.2 Å². The third-order valence-corrected chi connectivity index (χ3v) is 3.87. The first kappa shape index (κ1) is 15.6. The van der Waals surface area contributed by atoms with Crippen LogP contribution in [-0.2, 0) is 11.3 Å². The zero-order valence-corrected chi connectivity index (χ0v) is 12.4. The van der Waals surface area contributed by atoms with E-state index >= 15 is 0 Å². The number of benzene rings is 2. The van der Waals surface area contributed by atoms with Crippen molar-refractivity contribution in [2.75, 3.05) is 6.54 Å². The lowest BCUT2D eigenvalue weighted by molar-refractivity contribution is -0.125. The van der Waals surface area contributed by atoms with E-state index in [0.717, 1.165) is 11.6 Å². The van der Waals surface area contributed by atoms with E-state index in [0.29, 0.717) is 12.1 Å². The predicted octanol–water partition coefficient (Wildman–Crippen LogP) is 2.05. The van der Waals surface area contributed by atoms with Gasteiger partial charge in [0.1, 0.15) is 11.6 Å². The van der Waals surface area contributed by atoms with Crippen molar-refractivity contribution in [2.24, 2.45) is 5.92 Å². The van der Waals surface area contributed by atoms with Crippen molar-refractivity contribution in [3.05, 3.63) is 71.3 Å². The third-order valence-electron chi connectivity index (χ3n) is 3.87. The van der Waals surface area contributed by atoms with E-state index in [-0.39, 0.29) is 24.4 Å². The summed E-state index contributed by atoms with van der Waals surface area (Å²) < 4.78 is 26.3. The minimum atomic E-state index is -0.652. The molecule has 1 heterocycles. The van der Waals surface area contributed by atoms with Crippen molar-refractivity contribution in [2.45, 2.75) is 12.6 Å². The summed E-state index contributed by atoms with van der Waals surface area (Å²) in [7, 11) is 0. The fraction of sp³-hybridized carbons (Fsp3) is 0.235. The first-order chi connectivity index (χ1) is 11.1. The fourth-order valence-corrected chi connectivity index (χ4v) is 2.75. The van der Waals surface area contributed by atoms with Crippen LogP contribution in [0.3, 0.4) is 0 Å². The van der Waals surface area contributed by atoms with Crippen LogP contribution in [0.25, 0.3) is 0 Å². The molecule has 3 rings (SSSR count). The highest BCUT2D eigenvalue weighted by atomic mass is 19.1. The van der Waals surface area contributed by atoms with Crippen LogP contribution in [0.15, 0.2) is 48.5 Å². The smallest absolute Gasteiger partial charge is 0.226 e. The van der Waals surface area contributed by atoms with Gasteiger partial charge in [0.2, 0.25) is 5.91 Å². The van der Waals surface area contributed by atoms with E-state index in [1.807, 2.05) is 30.3 Å². The maximum Gasteiger partial charge on any atom is 0.226 e. The Morgan fingerprint density at radius 3 is 2.52 bits per heavy atom. The molecule has 1 saturated heterocycles. The lowest BCUT2D eigenvalue weighted by atomic mass is 9.94. The van der Waals surface area contributed by atoms with Crippen LogP contribution in [0, 0.1) is 17.6 Å². The molecule has 0 bridgehead atoms. The van der Waals surface area contributed by atoms with Gasteiger partial charge in [0.25, 0.3) is 0 Å². The predicted molar refractivity (Wildman–Crippen MR) is 82.0 cm³/mol. The zero-order chi connectivity index (χ0) is 16.2. The number of amides is 1. The number of carbonyl (C=O) groups excluding carboxylic acids is 1. The molecule has 2 atom stereocenters. The van der Waals surface area contributed by atoms with E-state index in [2.05, 4.69) is 16.2 Å². The van der Waals surface area contributed by atoms with Gasteiger partial charge >= 0.3 is 0 Å². The van der Waals surface area contributed by atoms with Crippen LogP contribution >= 0.6 is 0 Å². The molecule has 0 saturated carbocycles. The molecule has 2 aromatic carbocycles. The van der Waals surface area contributed by atoms with Gasteiger partial charge in [-0.15, -0.1) is 0 Å². The summed E-state index contributed by atoms with van der Waals surface area (Å²) in [4.78, 5) is 12.4. The average molecular weight is 317 g/mol. The number of hydrogen-bond donors (Lipinski definition) is 3. The molecule has 4 nitrogen and oxygen atoms in total. The number of rotatable bonds is 4. The molecule has 0 aromatic heterocycles. The van der Waals surface area contributed by atoms with Crippen molar-refractivity contribution >= 4 is 5.91 Å². The standard InChI is InChI=1S/C17H17F2N3O/c18-13-6-11(7-14(19)8-13)9-20-17(23)15-10-21-22-16(15)12-4-2-1-3-5-12/h1-8,15-16,21-22H,9-10H2,(H,20,23). The highest BCUT2D eigenvalue weighted by molar-refractivity contribution is 5.80. The molecule has 2 aromatic rings. The molecule has 23 heavy (non-hydrogen) atoms. The van der Waals surface area contributed by atoms with Crippen LogP contribution in [0.4, 0.5) is 8.78 Å². The minimum absolute atomic E-state index is 0.0888. The molecule has 120 valence electrons. The van der Waals surface area contributed by atoms with Crippen molar-refractivity contribution in [1.82, 2.24) is 16.2 Å². The second-order valence-corrected chi connectivity index (χ2v) is 5.52. The molecule has 1 aliphatic heterocycles. The Kier molecular flexibility index (Phi) is 4.64. The first-order valence-corrected chi connectivity index (χ1v) is 7.39. The van der Waals surface area contributed by atoms with Gasteiger partial charge in [-0.3, -0.25) is 10.2 Å². The number of hydrazine groups is 1. The second-order valence-electron chi connectivity index (χ2n) is 5.52. The number of halogens is 2. The lowest BCUT2D eigenvalue weighted by Gasteiger charge is -2.18. The summed E-state index contributed by atoms with van der Waals surface area (Å²) in [6.07, 6.45) is 0. The zero-order valence-electron chi connectivity index (χ0n) is 12.4. The highest BCUT2D eigenvalue weighted by Gasteiger charge is 2.33. The number of nitrogens with one attached hydrogen (secondary N) is 3. The maximum atomic E-state index is 13.2. The highest BCUT2D eigenvalue weighted by Crippen LogP contribution is 2.24. The second kappa shape index (κ2) is 6.85. The van der Waals surface area contributed by atoms with E-state index in [9.17, 15) is 13.6 Å². The SMILES string of the molecule is O=C(NCc1cc(F)cc(F)c1)C1CNNC1c1ccccc1. The molecule has 0 radical (unpaired) electrons. The molecule has 2 unspecified atom stereocenters. The van der Waals surface area contributed by atoms with Crippen molar-refractivity contribution in [1.29, 1.82) is 0 Å². The largest absolute Gasteiger partial charge is 0.352 e. The van der Waals surface area contributed by atoms with Crippen LogP contribution in [0.2, 0.25) is 0 Å². The Bertz CT molecular complexity index is 673. The third kappa shape index (κ3) is 3.72. The van der Waals surface area contributed by atoms with Crippen molar-refractivity contribution < 1.29 is 13.6 Å². The van der Waals surface area contributed by atoms with Crippen LogP contribution in [0.1, 0.15) is 17.2 Å². The van der Waals surface area contributed by atoms with Gasteiger partial charge in [0, 0.05) is 19.2 Å². The average Bonchev–Trinajstić information content (AvgIpc) is 3.02. The summed E-state index contributed by atoms with van der Waals surface area (Å²) in [5, 5.41) is 2.74. The molecule has 0 aliphatic carbocycles. The van der Waals surface area contributed by atoms with Crippen LogP contribution < -0.4 is 16.2 Å². The Morgan fingerprint density at radius 2 is 1.83 bits per heavy atom. The van der Waals surface area contributed by atoms with Gasteiger partial charge in [-0.1, -0.05) is 30.3 Å². The van der Waals surface area contributed by atoms with E-state index < -0.39 is 11.6 Å². The van der Waals surface area contributed by atoms with E-state index in [4.69, 9.17) is 0 Å². The summed E-state index contributed by atoms with van der Waals surface area (Å²) in [5.74, 6) is -1.77. The van der Waals surface area contributed by atoms with Gasteiger partial charge in [0.05, 0.1) is 12.0 Å². The molecular weight excluding hydrogens is 300 g/mol. The Balaban J connectivity index is 1.65. The minimum Gasteiger partial charge on any atom is -0.352 e. The molecule has 3 N–H and O–H groups in total. The Labute approximate surface area is 132 Å². The summed E-state index contributed by atoms with van der Waals surface area (Å²) in [5.41, 5.74) is 7.48. The van der Waals surface area contributed by atoms with Crippen LogP contribution in [-0.4, -0.2) is 12.5 Å². The first-order valence-electron chi connectivity index (χ1n) is 7.39. The van der Waals surface area contributed by atoms with Crippen molar-refractivity contribution in [3.63, 3.8) is 0 Å². The lowest BCUT2D eigenvalue weighted by Crippen LogP contribution is -2.34.